The number of anilines is 2. The molecular weight excluding hydrogens is 454 g/mol. The molecule has 3 rings (SSSR count). The minimum atomic E-state index is -0.472. The van der Waals surface area contributed by atoms with Gasteiger partial charge in [0.2, 0.25) is 11.7 Å². The molecule has 0 bridgehead atoms. The zero-order valence-electron chi connectivity index (χ0n) is 22.0. The number of nitrogens with zero attached hydrogens (tertiary/aromatic N) is 3. The van der Waals surface area contributed by atoms with E-state index in [0.29, 0.717) is 22.5 Å². The second-order valence-electron chi connectivity index (χ2n) is 9.26. The molecule has 3 heterocycles. The maximum absolute atomic E-state index is 13.4. The Morgan fingerprint density at radius 2 is 1.83 bits per heavy atom. The molecule has 0 spiro atoms. The molecular formula is C28H39N5O3. The van der Waals surface area contributed by atoms with Gasteiger partial charge in [0, 0.05) is 24.5 Å². The number of hydrogen-bond acceptors (Lipinski definition) is 6. The number of aryl methyl sites for hydroxylation is 1. The number of nitrogens with one attached hydrogen (secondary N) is 2. The Bertz CT molecular complexity index is 1130. The topological polar surface area (TPSA) is 100 Å². The third-order valence-corrected chi connectivity index (χ3v) is 6.37. The molecule has 3 aromatic heterocycles. The van der Waals surface area contributed by atoms with E-state index in [1.807, 2.05) is 13.0 Å². The molecule has 8 nitrogen and oxygen atoms in total. The molecule has 0 fully saturated rings. The van der Waals surface area contributed by atoms with Gasteiger partial charge in [0.25, 0.3) is 5.91 Å². The van der Waals surface area contributed by atoms with Gasteiger partial charge in [0.05, 0.1) is 5.39 Å². The summed E-state index contributed by atoms with van der Waals surface area (Å²) >= 11 is 0. The fourth-order valence-electron chi connectivity index (χ4n) is 4.39. The molecule has 3 aromatic rings. The maximum atomic E-state index is 13.4. The van der Waals surface area contributed by atoms with Crippen LogP contribution in [0.5, 0.6) is 0 Å². The maximum Gasteiger partial charge on any atom is 0.294 e. The van der Waals surface area contributed by atoms with Gasteiger partial charge in [-0.1, -0.05) is 39.7 Å². The van der Waals surface area contributed by atoms with Crippen LogP contribution in [-0.4, -0.2) is 46.3 Å². The Hall–Kier alpha value is -3.26. The summed E-state index contributed by atoms with van der Waals surface area (Å²) in [6.45, 7) is 11.6. The lowest BCUT2D eigenvalue weighted by molar-refractivity contribution is -0.120. The van der Waals surface area contributed by atoms with Crippen molar-refractivity contribution in [2.45, 2.75) is 66.2 Å². The van der Waals surface area contributed by atoms with Crippen LogP contribution in [0, 0.1) is 12.8 Å². The molecule has 2 amide bonds. The quantitative estimate of drug-likeness (QED) is 0.266. The largest absolute Gasteiger partial charge is 0.448 e. The number of carbonyl (C=O) groups is 2. The van der Waals surface area contributed by atoms with Crippen molar-refractivity contribution in [2.24, 2.45) is 5.92 Å². The third kappa shape index (κ3) is 7.37. The van der Waals surface area contributed by atoms with Crippen molar-refractivity contribution in [3.8, 4) is 0 Å². The highest BCUT2D eigenvalue weighted by Gasteiger charge is 2.26. The highest BCUT2D eigenvalue weighted by atomic mass is 16.3. The fraction of sp³-hybridized carbons (Fsp3) is 0.500. The summed E-state index contributed by atoms with van der Waals surface area (Å²) in [6, 6.07) is 5.28. The van der Waals surface area contributed by atoms with Gasteiger partial charge in [-0.05, 0) is 69.9 Å². The highest BCUT2D eigenvalue weighted by molar-refractivity contribution is 6.14. The van der Waals surface area contributed by atoms with Gasteiger partial charge in [-0.3, -0.25) is 14.6 Å². The summed E-state index contributed by atoms with van der Waals surface area (Å²) < 4.78 is 5.86. The zero-order chi connectivity index (χ0) is 25.9. The summed E-state index contributed by atoms with van der Waals surface area (Å²) in [4.78, 5) is 37.3. The van der Waals surface area contributed by atoms with Crippen LogP contribution in [0.25, 0.3) is 11.0 Å². The summed E-state index contributed by atoms with van der Waals surface area (Å²) in [5.41, 5.74) is 1.84. The average molecular weight is 494 g/mol. The van der Waals surface area contributed by atoms with Crippen molar-refractivity contribution in [1.29, 1.82) is 0 Å². The minimum absolute atomic E-state index is 0.0436. The smallest absolute Gasteiger partial charge is 0.294 e. The first-order chi connectivity index (χ1) is 17.5. The van der Waals surface area contributed by atoms with Gasteiger partial charge in [-0.2, -0.15) is 0 Å². The molecule has 0 aromatic carbocycles. The molecule has 1 atom stereocenters. The lowest BCUT2D eigenvalue weighted by Gasteiger charge is -2.20. The molecule has 36 heavy (non-hydrogen) atoms. The summed E-state index contributed by atoms with van der Waals surface area (Å²) in [5.74, 6) is -0.239. The average Bonchev–Trinajstić information content (AvgIpc) is 3.25. The van der Waals surface area contributed by atoms with Gasteiger partial charge in [0.1, 0.15) is 17.1 Å². The molecule has 0 aliphatic rings. The summed E-state index contributed by atoms with van der Waals surface area (Å²) in [6.07, 6.45) is 10.6. The second kappa shape index (κ2) is 13.7. The second-order valence-corrected chi connectivity index (χ2v) is 9.26. The Balaban J connectivity index is 1.73. The number of carbonyl (C=O) groups excluding carboxylic acids is 2. The predicted molar refractivity (Wildman–Crippen MR) is 144 cm³/mol. The summed E-state index contributed by atoms with van der Waals surface area (Å²) in [5, 5.41) is 6.37. The van der Waals surface area contributed by atoms with Crippen molar-refractivity contribution in [2.75, 3.05) is 30.3 Å². The lowest BCUT2D eigenvalue weighted by Crippen LogP contribution is -2.26. The number of hydrogen-bond donors (Lipinski definition) is 2. The van der Waals surface area contributed by atoms with Crippen LogP contribution in [0.1, 0.15) is 75.4 Å². The van der Waals surface area contributed by atoms with Crippen molar-refractivity contribution < 1.29 is 14.0 Å². The van der Waals surface area contributed by atoms with Crippen LogP contribution in [-0.2, 0) is 4.79 Å². The zero-order valence-corrected chi connectivity index (χ0v) is 22.0. The van der Waals surface area contributed by atoms with Crippen molar-refractivity contribution in [1.82, 2.24) is 14.9 Å². The first-order valence-corrected chi connectivity index (χ1v) is 13.1. The number of aromatic nitrogens is 2. The Kier molecular flexibility index (Phi) is 10.4. The Labute approximate surface area is 213 Å². The summed E-state index contributed by atoms with van der Waals surface area (Å²) in [7, 11) is 0. The molecule has 0 aliphatic carbocycles. The van der Waals surface area contributed by atoms with Gasteiger partial charge in [-0.15, -0.1) is 0 Å². The molecule has 0 radical (unpaired) electrons. The number of unbranched alkanes of at least 4 members (excludes halogenated alkanes) is 1. The van der Waals surface area contributed by atoms with Crippen molar-refractivity contribution >= 4 is 34.3 Å². The van der Waals surface area contributed by atoms with E-state index in [1.165, 1.54) is 0 Å². The van der Waals surface area contributed by atoms with Gasteiger partial charge >= 0.3 is 0 Å². The molecule has 8 heteroatoms. The van der Waals surface area contributed by atoms with Crippen molar-refractivity contribution in [3.05, 3.63) is 48.1 Å². The van der Waals surface area contributed by atoms with Crippen LogP contribution in [0.15, 0.2) is 41.2 Å². The SMILES string of the molecule is CCC[C@H](CCCCN(CC)CCC)C(=O)Nc1c(C(=O)Nc2ccc(C)cn2)oc2ccncc12. The van der Waals surface area contributed by atoms with Crippen LogP contribution in [0.2, 0.25) is 0 Å². The monoisotopic (exact) mass is 493 g/mol. The van der Waals surface area contributed by atoms with Crippen molar-refractivity contribution in [3.63, 3.8) is 0 Å². The van der Waals surface area contributed by atoms with Crippen LogP contribution in [0.4, 0.5) is 11.5 Å². The van der Waals surface area contributed by atoms with Gasteiger partial charge in [-0.25, -0.2) is 4.98 Å². The highest BCUT2D eigenvalue weighted by Crippen LogP contribution is 2.32. The van der Waals surface area contributed by atoms with E-state index < -0.39 is 5.91 Å². The number of amides is 2. The van der Waals surface area contributed by atoms with E-state index in [1.54, 1.807) is 30.7 Å². The van der Waals surface area contributed by atoms with Crippen LogP contribution in [0.3, 0.4) is 0 Å². The Morgan fingerprint density at radius 3 is 2.53 bits per heavy atom. The first-order valence-electron chi connectivity index (χ1n) is 13.1. The predicted octanol–water partition coefficient (Wildman–Crippen LogP) is 6.04. The van der Waals surface area contributed by atoms with Crippen LogP contribution < -0.4 is 10.6 Å². The third-order valence-electron chi connectivity index (χ3n) is 6.37. The van der Waals surface area contributed by atoms with E-state index in [2.05, 4.69) is 46.3 Å². The molecule has 194 valence electrons. The minimum Gasteiger partial charge on any atom is -0.448 e. The van der Waals surface area contributed by atoms with E-state index in [9.17, 15) is 9.59 Å². The number of rotatable bonds is 14. The molecule has 0 aliphatic heterocycles. The first kappa shape index (κ1) is 27.3. The molecule has 0 unspecified atom stereocenters. The van der Waals surface area contributed by atoms with Crippen LogP contribution >= 0.6 is 0 Å². The van der Waals surface area contributed by atoms with E-state index in [-0.39, 0.29) is 17.6 Å². The lowest BCUT2D eigenvalue weighted by atomic mass is 9.95. The van der Waals surface area contributed by atoms with E-state index in [4.69, 9.17) is 4.42 Å². The molecule has 0 saturated carbocycles. The molecule has 0 saturated heterocycles. The number of furan rings is 1. The van der Waals surface area contributed by atoms with E-state index >= 15 is 0 Å². The molecule has 2 N–H and O–H groups in total. The van der Waals surface area contributed by atoms with Gasteiger partial charge in [0.15, 0.2) is 0 Å². The van der Waals surface area contributed by atoms with E-state index in [0.717, 1.165) is 63.7 Å². The number of pyridine rings is 2. The number of fused-ring (bicyclic) bond motifs is 1. The standard InChI is InChI=1S/C28H39N5O3/c1-5-10-21(11-8-9-17-33(7-3)16-6-2)27(34)32-25-22-19-29-15-14-23(22)36-26(25)28(35)31-24-13-12-20(4)18-30-24/h12-15,18-19,21H,5-11,16-17H2,1-4H3,(H,32,34)(H,30,31,35)/t21-/m1/s1. The fourth-order valence-corrected chi connectivity index (χ4v) is 4.39. The normalized spacial score (nSPS) is 12.1. The Morgan fingerprint density at radius 1 is 1.00 bits per heavy atom. The van der Waals surface area contributed by atoms with Gasteiger partial charge < -0.3 is 20.0 Å².